The van der Waals surface area contributed by atoms with E-state index in [1.54, 1.807) is 0 Å². The van der Waals surface area contributed by atoms with Crippen LogP contribution >= 0.6 is 0 Å². The van der Waals surface area contributed by atoms with Gasteiger partial charge >= 0.3 is 0 Å². The highest BCUT2D eigenvalue weighted by Gasteiger charge is 2.28. The van der Waals surface area contributed by atoms with Crippen molar-refractivity contribution in [3.63, 3.8) is 0 Å². The van der Waals surface area contributed by atoms with Crippen molar-refractivity contribution in [3.05, 3.63) is 23.9 Å². The molecule has 0 saturated carbocycles. The standard InChI is InChI=1S/C17H29N3/c1-5-19(6-2)17-15(10-9-12-18-17)16-11-7-8-13-20(16)14(3)4/h9-10,12,14,16H,5-8,11,13H2,1-4H3. The van der Waals surface area contributed by atoms with Crippen molar-refractivity contribution in [2.24, 2.45) is 0 Å². The maximum atomic E-state index is 4.69. The van der Waals surface area contributed by atoms with Crippen molar-refractivity contribution in [3.8, 4) is 0 Å². The Labute approximate surface area is 124 Å². The van der Waals surface area contributed by atoms with Gasteiger partial charge in [-0.25, -0.2) is 4.98 Å². The quantitative estimate of drug-likeness (QED) is 0.813. The van der Waals surface area contributed by atoms with E-state index in [1.807, 2.05) is 6.20 Å². The molecule has 1 aromatic rings. The summed E-state index contributed by atoms with van der Waals surface area (Å²) in [6, 6.07) is 5.51. The van der Waals surface area contributed by atoms with Gasteiger partial charge in [0.05, 0.1) is 0 Å². The molecule has 0 radical (unpaired) electrons. The van der Waals surface area contributed by atoms with Crippen LogP contribution < -0.4 is 4.90 Å². The minimum atomic E-state index is 0.535. The van der Waals surface area contributed by atoms with Crippen LogP contribution in [0.4, 0.5) is 5.82 Å². The van der Waals surface area contributed by atoms with Crippen LogP contribution in [0.3, 0.4) is 0 Å². The third-order valence-electron chi connectivity index (χ3n) is 4.45. The number of piperidine rings is 1. The number of nitrogens with zero attached hydrogens (tertiary/aromatic N) is 3. The minimum absolute atomic E-state index is 0.535. The molecule has 0 amide bonds. The number of rotatable bonds is 5. The average Bonchev–Trinajstić information content (AvgIpc) is 2.49. The first-order valence-electron chi connectivity index (χ1n) is 8.14. The summed E-state index contributed by atoms with van der Waals surface area (Å²) in [6.07, 6.45) is 5.86. The second-order valence-electron chi connectivity index (χ2n) is 5.93. The molecule has 3 nitrogen and oxygen atoms in total. The van der Waals surface area contributed by atoms with Crippen LogP contribution in [0.5, 0.6) is 0 Å². The van der Waals surface area contributed by atoms with Gasteiger partial charge in [0.25, 0.3) is 0 Å². The molecule has 1 saturated heterocycles. The van der Waals surface area contributed by atoms with E-state index in [4.69, 9.17) is 0 Å². The van der Waals surface area contributed by atoms with Gasteiger partial charge in [-0.05, 0) is 53.1 Å². The zero-order chi connectivity index (χ0) is 14.5. The lowest BCUT2D eigenvalue weighted by molar-refractivity contribution is 0.112. The second kappa shape index (κ2) is 7.07. The summed E-state index contributed by atoms with van der Waals surface area (Å²) in [6.45, 7) is 12.3. The first-order valence-corrected chi connectivity index (χ1v) is 8.14. The van der Waals surface area contributed by atoms with Crippen LogP contribution in [0.2, 0.25) is 0 Å². The molecule has 1 atom stereocenters. The second-order valence-corrected chi connectivity index (χ2v) is 5.93. The van der Waals surface area contributed by atoms with Crippen LogP contribution in [0, 0.1) is 0 Å². The van der Waals surface area contributed by atoms with Gasteiger partial charge in [-0.3, -0.25) is 4.90 Å². The summed E-state index contributed by atoms with van der Waals surface area (Å²) in [4.78, 5) is 9.71. The smallest absolute Gasteiger partial charge is 0.133 e. The number of anilines is 1. The number of likely N-dealkylation sites (tertiary alicyclic amines) is 1. The highest BCUT2D eigenvalue weighted by atomic mass is 15.2. The van der Waals surface area contributed by atoms with Crippen LogP contribution in [-0.2, 0) is 0 Å². The Balaban J connectivity index is 2.35. The van der Waals surface area contributed by atoms with Gasteiger partial charge in [0, 0.05) is 36.9 Å². The maximum absolute atomic E-state index is 4.69. The van der Waals surface area contributed by atoms with E-state index in [0.717, 1.165) is 13.1 Å². The fourth-order valence-electron chi connectivity index (χ4n) is 3.36. The zero-order valence-corrected chi connectivity index (χ0v) is 13.5. The third-order valence-corrected chi connectivity index (χ3v) is 4.45. The number of hydrogen-bond acceptors (Lipinski definition) is 3. The molecule has 0 aliphatic carbocycles. The summed E-state index contributed by atoms with van der Waals surface area (Å²) in [5.41, 5.74) is 1.42. The van der Waals surface area contributed by atoms with Crippen LogP contribution in [-0.4, -0.2) is 35.6 Å². The SMILES string of the molecule is CCN(CC)c1ncccc1C1CCCCN1C(C)C. The van der Waals surface area contributed by atoms with Crippen molar-refractivity contribution >= 4 is 5.82 Å². The summed E-state index contributed by atoms with van der Waals surface area (Å²) in [5.74, 6) is 1.19. The number of aromatic nitrogens is 1. The third kappa shape index (κ3) is 3.14. The van der Waals surface area contributed by atoms with Gasteiger partial charge in [0.1, 0.15) is 5.82 Å². The lowest BCUT2D eigenvalue weighted by Crippen LogP contribution is -2.39. The van der Waals surface area contributed by atoms with Gasteiger partial charge in [-0.2, -0.15) is 0 Å². The van der Waals surface area contributed by atoms with Crippen molar-refractivity contribution < 1.29 is 0 Å². The number of hydrogen-bond donors (Lipinski definition) is 0. The highest BCUT2D eigenvalue weighted by Crippen LogP contribution is 2.36. The average molecular weight is 275 g/mol. The highest BCUT2D eigenvalue weighted by molar-refractivity contribution is 5.48. The fourth-order valence-corrected chi connectivity index (χ4v) is 3.36. The van der Waals surface area contributed by atoms with E-state index >= 15 is 0 Å². The fraction of sp³-hybridized carbons (Fsp3) is 0.706. The molecule has 20 heavy (non-hydrogen) atoms. The van der Waals surface area contributed by atoms with E-state index in [1.165, 1.54) is 37.2 Å². The Morgan fingerprint density at radius 1 is 1.30 bits per heavy atom. The molecule has 112 valence electrons. The topological polar surface area (TPSA) is 19.4 Å². The van der Waals surface area contributed by atoms with E-state index in [-0.39, 0.29) is 0 Å². The van der Waals surface area contributed by atoms with Crippen molar-refractivity contribution in [2.75, 3.05) is 24.5 Å². The Kier molecular flexibility index (Phi) is 5.41. The predicted octanol–water partition coefficient (Wildman–Crippen LogP) is 3.86. The molecule has 1 unspecified atom stereocenters. The first kappa shape index (κ1) is 15.3. The normalized spacial score (nSPS) is 20.4. The summed E-state index contributed by atoms with van der Waals surface area (Å²) >= 11 is 0. The molecule has 1 aromatic heterocycles. The van der Waals surface area contributed by atoms with Crippen molar-refractivity contribution in [2.45, 2.75) is 59.0 Å². The molecule has 3 heteroatoms. The van der Waals surface area contributed by atoms with Gasteiger partial charge < -0.3 is 4.90 Å². The molecular weight excluding hydrogens is 246 g/mol. The predicted molar refractivity (Wildman–Crippen MR) is 86.2 cm³/mol. The molecule has 2 heterocycles. The maximum Gasteiger partial charge on any atom is 0.133 e. The Bertz CT molecular complexity index is 412. The van der Waals surface area contributed by atoms with Crippen LogP contribution in [0.15, 0.2) is 18.3 Å². The number of pyridine rings is 1. The van der Waals surface area contributed by atoms with E-state index < -0.39 is 0 Å². The molecule has 0 N–H and O–H groups in total. The Hall–Kier alpha value is -1.09. The van der Waals surface area contributed by atoms with Gasteiger partial charge in [0.2, 0.25) is 0 Å². The molecule has 2 rings (SSSR count). The summed E-state index contributed by atoms with van der Waals surface area (Å²) in [5, 5.41) is 0. The summed E-state index contributed by atoms with van der Waals surface area (Å²) < 4.78 is 0. The summed E-state index contributed by atoms with van der Waals surface area (Å²) in [7, 11) is 0. The monoisotopic (exact) mass is 275 g/mol. The van der Waals surface area contributed by atoms with Crippen LogP contribution in [0.25, 0.3) is 0 Å². The van der Waals surface area contributed by atoms with Crippen molar-refractivity contribution in [1.29, 1.82) is 0 Å². The molecule has 0 aromatic carbocycles. The molecular formula is C17H29N3. The molecule has 1 aliphatic heterocycles. The Morgan fingerprint density at radius 3 is 2.70 bits per heavy atom. The van der Waals surface area contributed by atoms with Crippen molar-refractivity contribution in [1.82, 2.24) is 9.88 Å². The van der Waals surface area contributed by atoms with Gasteiger partial charge in [-0.1, -0.05) is 12.5 Å². The lowest BCUT2D eigenvalue weighted by Gasteiger charge is -2.40. The first-order chi connectivity index (χ1) is 9.69. The van der Waals surface area contributed by atoms with E-state index in [0.29, 0.717) is 12.1 Å². The molecule has 0 spiro atoms. The minimum Gasteiger partial charge on any atom is -0.357 e. The van der Waals surface area contributed by atoms with E-state index in [9.17, 15) is 0 Å². The molecule has 0 bridgehead atoms. The van der Waals surface area contributed by atoms with Crippen LogP contribution in [0.1, 0.15) is 58.6 Å². The van der Waals surface area contributed by atoms with Gasteiger partial charge in [-0.15, -0.1) is 0 Å². The largest absolute Gasteiger partial charge is 0.357 e. The Morgan fingerprint density at radius 2 is 2.05 bits per heavy atom. The lowest BCUT2D eigenvalue weighted by atomic mass is 9.94. The zero-order valence-electron chi connectivity index (χ0n) is 13.5. The molecule has 1 aliphatic rings. The van der Waals surface area contributed by atoms with E-state index in [2.05, 4.69) is 54.6 Å². The molecule has 1 fully saturated rings. The van der Waals surface area contributed by atoms with Gasteiger partial charge in [0.15, 0.2) is 0 Å².